The lowest BCUT2D eigenvalue weighted by Gasteiger charge is -2.10. The van der Waals surface area contributed by atoms with Crippen molar-refractivity contribution in [3.8, 4) is 5.75 Å². The molecule has 7 nitrogen and oxygen atoms in total. The number of ketones is 1. The zero-order valence-electron chi connectivity index (χ0n) is 14.4. The van der Waals surface area contributed by atoms with E-state index in [4.69, 9.17) is 0 Å². The van der Waals surface area contributed by atoms with Gasteiger partial charge in [-0.05, 0) is 31.2 Å². The van der Waals surface area contributed by atoms with E-state index in [1.54, 1.807) is 0 Å². The average molecular weight is 454 g/mol. The Bertz CT molecular complexity index is 985. The monoisotopic (exact) mass is 454 g/mol. The SMILES string of the molecule is CC(=O)SCC(=O)c1sc(S(=O)(=O)Nc2ccc(OC(F)(F)F)cc2)nc1C. The number of alkyl halides is 3. The van der Waals surface area contributed by atoms with Crippen LogP contribution in [0.2, 0.25) is 0 Å². The van der Waals surface area contributed by atoms with Gasteiger partial charge in [0.05, 0.1) is 16.3 Å². The van der Waals surface area contributed by atoms with Crippen LogP contribution in [0.3, 0.4) is 0 Å². The summed E-state index contributed by atoms with van der Waals surface area (Å²) in [6, 6.07) is 4.09. The van der Waals surface area contributed by atoms with Gasteiger partial charge in [0.2, 0.25) is 4.34 Å². The number of ether oxygens (including phenoxy) is 1. The molecule has 28 heavy (non-hydrogen) atoms. The van der Waals surface area contributed by atoms with Gasteiger partial charge in [-0.25, -0.2) is 4.98 Å². The lowest BCUT2D eigenvalue weighted by atomic mass is 10.3. The van der Waals surface area contributed by atoms with Crippen LogP contribution in [0.15, 0.2) is 28.6 Å². The lowest BCUT2D eigenvalue weighted by Crippen LogP contribution is -2.17. The smallest absolute Gasteiger partial charge is 0.406 e. The average Bonchev–Trinajstić information content (AvgIpc) is 2.96. The maximum atomic E-state index is 12.4. The van der Waals surface area contributed by atoms with Gasteiger partial charge in [0.15, 0.2) is 10.9 Å². The van der Waals surface area contributed by atoms with E-state index in [1.807, 2.05) is 0 Å². The van der Waals surface area contributed by atoms with Gasteiger partial charge in [0, 0.05) is 12.6 Å². The van der Waals surface area contributed by atoms with Gasteiger partial charge in [-0.15, -0.1) is 13.2 Å². The highest BCUT2D eigenvalue weighted by molar-refractivity contribution is 8.14. The Morgan fingerprint density at radius 2 is 1.86 bits per heavy atom. The summed E-state index contributed by atoms with van der Waals surface area (Å²) in [6.45, 7) is 2.77. The molecular weight excluding hydrogens is 441 g/mol. The number of rotatable bonds is 7. The molecule has 2 rings (SSSR count). The fourth-order valence-electron chi connectivity index (χ4n) is 1.90. The van der Waals surface area contributed by atoms with Crippen LogP contribution in [0.1, 0.15) is 22.3 Å². The van der Waals surface area contributed by atoms with E-state index in [-0.39, 0.29) is 31.5 Å². The number of benzene rings is 1. The summed E-state index contributed by atoms with van der Waals surface area (Å²) >= 11 is 1.45. The topological polar surface area (TPSA) is 102 Å². The number of halogens is 3. The maximum Gasteiger partial charge on any atom is 0.573 e. The number of thiazole rings is 1. The molecule has 0 atom stereocenters. The van der Waals surface area contributed by atoms with Crippen molar-refractivity contribution in [3.05, 3.63) is 34.8 Å². The third-order valence-electron chi connectivity index (χ3n) is 3.01. The molecule has 0 aliphatic carbocycles. The fraction of sp³-hybridized carbons (Fsp3) is 0.267. The van der Waals surface area contributed by atoms with E-state index in [9.17, 15) is 31.2 Å². The Hall–Kier alpha value is -2.12. The highest BCUT2D eigenvalue weighted by Crippen LogP contribution is 2.27. The number of anilines is 1. The molecular formula is C15H13F3N2O5S3. The predicted molar refractivity (Wildman–Crippen MR) is 98.3 cm³/mol. The molecule has 13 heteroatoms. The summed E-state index contributed by atoms with van der Waals surface area (Å²) < 4.78 is 66.8. The molecule has 152 valence electrons. The standard InChI is InChI=1S/C15H13F3N2O5S3/c1-8-13(12(22)7-26-9(2)21)27-14(19-8)28(23,24)20-10-3-5-11(6-4-10)25-15(16,17)18/h3-6,20H,7H2,1-2H3. The first-order valence-electron chi connectivity index (χ1n) is 7.40. The van der Waals surface area contributed by atoms with Crippen molar-refractivity contribution in [2.75, 3.05) is 10.5 Å². The minimum absolute atomic E-state index is 0.0117. The number of nitrogens with one attached hydrogen (secondary N) is 1. The van der Waals surface area contributed by atoms with Gasteiger partial charge in [-0.2, -0.15) is 8.42 Å². The Morgan fingerprint density at radius 1 is 1.25 bits per heavy atom. The molecule has 2 aromatic rings. The molecule has 0 amide bonds. The van der Waals surface area contributed by atoms with E-state index in [0.717, 1.165) is 36.0 Å². The van der Waals surface area contributed by atoms with Gasteiger partial charge >= 0.3 is 6.36 Å². The Balaban J connectivity index is 2.16. The number of sulfonamides is 1. The highest BCUT2D eigenvalue weighted by atomic mass is 32.2. The van der Waals surface area contributed by atoms with Crippen LogP contribution in [0.25, 0.3) is 0 Å². The first kappa shape index (κ1) is 22.2. The Morgan fingerprint density at radius 3 is 2.39 bits per heavy atom. The molecule has 1 N–H and O–H groups in total. The van der Waals surface area contributed by atoms with Crippen LogP contribution in [0.4, 0.5) is 18.9 Å². The van der Waals surface area contributed by atoms with Crippen molar-refractivity contribution in [1.82, 2.24) is 4.98 Å². The molecule has 0 radical (unpaired) electrons. The van der Waals surface area contributed by atoms with Crippen molar-refractivity contribution in [2.24, 2.45) is 0 Å². The minimum Gasteiger partial charge on any atom is -0.406 e. The van der Waals surface area contributed by atoms with Crippen LogP contribution < -0.4 is 9.46 Å². The van der Waals surface area contributed by atoms with E-state index in [2.05, 4.69) is 14.4 Å². The number of aryl methyl sites for hydroxylation is 1. The van der Waals surface area contributed by atoms with Crippen molar-refractivity contribution < 1.29 is 35.9 Å². The number of hydrogen-bond donors (Lipinski definition) is 1. The number of hydrogen-bond acceptors (Lipinski definition) is 8. The van der Waals surface area contributed by atoms with Crippen LogP contribution in [-0.2, 0) is 14.8 Å². The number of carbonyl (C=O) groups excluding carboxylic acids is 2. The molecule has 0 aliphatic rings. The molecule has 0 saturated heterocycles. The van der Waals surface area contributed by atoms with Gasteiger partial charge in [-0.1, -0.05) is 23.1 Å². The van der Waals surface area contributed by atoms with E-state index >= 15 is 0 Å². The summed E-state index contributed by atoms with van der Waals surface area (Å²) in [6.07, 6.45) is -4.86. The summed E-state index contributed by atoms with van der Waals surface area (Å²) in [4.78, 5) is 27.0. The zero-order chi connectivity index (χ0) is 21.1. The Kier molecular flexibility index (Phi) is 6.72. The van der Waals surface area contributed by atoms with Gasteiger partial charge < -0.3 is 4.74 Å². The van der Waals surface area contributed by atoms with Gasteiger partial charge in [0.25, 0.3) is 10.0 Å². The number of Topliss-reactive ketones (excluding diaryl/α,β-unsaturated/α-hetero) is 1. The number of thioether (sulfide) groups is 1. The molecule has 0 unspecified atom stereocenters. The molecule has 0 aliphatic heterocycles. The summed E-state index contributed by atoms with van der Waals surface area (Å²) in [5.74, 6) is -1.06. The second-order valence-corrected chi connectivity index (χ2v) is 9.28. The Labute approximate surface area is 166 Å². The molecule has 0 fully saturated rings. The van der Waals surface area contributed by atoms with Crippen LogP contribution in [-0.4, -0.2) is 36.4 Å². The molecule has 0 bridgehead atoms. The zero-order valence-corrected chi connectivity index (χ0v) is 16.8. The number of carbonyl (C=O) groups is 2. The molecule has 1 aromatic carbocycles. The van der Waals surface area contributed by atoms with Gasteiger partial charge in [-0.3, -0.25) is 14.3 Å². The van der Waals surface area contributed by atoms with Crippen LogP contribution in [0, 0.1) is 6.92 Å². The van der Waals surface area contributed by atoms with Crippen LogP contribution in [0.5, 0.6) is 5.75 Å². The minimum atomic E-state index is -4.86. The van der Waals surface area contributed by atoms with Crippen molar-refractivity contribution in [1.29, 1.82) is 0 Å². The largest absolute Gasteiger partial charge is 0.573 e. The summed E-state index contributed by atoms with van der Waals surface area (Å²) in [5, 5.41) is -0.247. The van der Waals surface area contributed by atoms with E-state index in [0.29, 0.717) is 11.3 Å². The number of nitrogens with zero attached hydrogens (tertiary/aromatic N) is 1. The summed E-state index contributed by atoms with van der Waals surface area (Å²) in [5.41, 5.74) is 0.191. The third kappa shape index (κ3) is 6.21. The summed E-state index contributed by atoms with van der Waals surface area (Å²) in [7, 11) is -4.16. The van der Waals surface area contributed by atoms with Gasteiger partial charge in [0.1, 0.15) is 5.75 Å². The predicted octanol–water partition coefficient (Wildman–Crippen LogP) is 3.61. The van der Waals surface area contributed by atoms with Crippen molar-refractivity contribution >= 4 is 49.7 Å². The normalized spacial score (nSPS) is 11.9. The molecule has 1 aromatic heterocycles. The lowest BCUT2D eigenvalue weighted by molar-refractivity contribution is -0.274. The highest BCUT2D eigenvalue weighted by Gasteiger charge is 2.31. The first-order chi connectivity index (χ1) is 12.9. The van der Waals surface area contributed by atoms with Crippen molar-refractivity contribution in [3.63, 3.8) is 0 Å². The third-order valence-corrected chi connectivity index (χ3v) is 6.78. The maximum absolute atomic E-state index is 12.4. The quantitative estimate of drug-likeness (QED) is 0.638. The molecule has 0 saturated carbocycles. The fourth-order valence-corrected chi connectivity index (χ4v) is 4.81. The first-order valence-corrected chi connectivity index (χ1v) is 10.7. The van der Waals surface area contributed by atoms with E-state index in [1.165, 1.54) is 13.8 Å². The second kappa shape index (κ2) is 8.49. The molecule has 1 heterocycles. The van der Waals surface area contributed by atoms with Crippen LogP contribution >= 0.6 is 23.1 Å². The number of aromatic nitrogens is 1. The molecule has 0 spiro atoms. The second-order valence-electron chi connectivity index (χ2n) is 5.28. The van der Waals surface area contributed by atoms with Crippen molar-refractivity contribution in [2.45, 2.75) is 24.5 Å². The van der Waals surface area contributed by atoms with E-state index < -0.39 is 27.9 Å².